The van der Waals surface area contributed by atoms with Crippen molar-refractivity contribution in [3.8, 4) is 5.69 Å². The number of nitrogens with one attached hydrogen (secondary N) is 2. The third-order valence-corrected chi connectivity index (χ3v) is 5.91. The molecule has 0 saturated heterocycles. The van der Waals surface area contributed by atoms with Crippen molar-refractivity contribution in [1.82, 2.24) is 9.55 Å². The van der Waals surface area contributed by atoms with Gasteiger partial charge in [0, 0.05) is 30.1 Å². The Morgan fingerprint density at radius 3 is 2.84 bits per heavy atom. The van der Waals surface area contributed by atoms with Crippen molar-refractivity contribution in [2.24, 2.45) is 5.92 Å². The molecule has 1 aliphatic carbocycles. The molecule has 4 rings (SSSR count). The average Bonchev–Trinajstić information content (AvgIpc) is 3.64. The maximum atomic E-state index is 13.9. The Hall–Kier alpha value is -3.07. The summed E-state index contributed by atoms with van der Waals surface area (Å²) in [6, 6.07) is 9.71. The summed E-state index contributed by atoms with van der Waals surface area (Å²) in [6.07, 6.45) is 6.15. The summed E-state index contributed by atoms with van der Waals surface area (Å²) in [4.78, 5) is 17.4. The van der Waals surface area contributed by atoms with E-state index < -0.39 is 5.56 Å². The Labute approximate surface area is 189 Å². The third-order valence-electron chi connectivity index (χ3n) is 5.62. The van der Waals surface area contributed by atoms with E-state index in [0.29, 0.717) is 35.2 Å². The van der Waals surface area contributed by atoms with Crippen molar-refractivity contribution in [3.63, 3.8) is 0 Å². The fourth-order valence-electron chi connectivity index (χ4n) is 3.65. The second kappa shape index (κ2) is 9.60. The summed E-state index contributed by atoms with van der Waals surface area (Å²) in [7, 11) is 0. The topological polar surface area (TPSA) is 108 Å². The zero-order valence-corrected chi connectivity index (χ0v) is 18.0. The van der Waals surface area contributed by atoms with Crippen molar-refractivity contribution >= 4 is 29.3 Å². The van der Waals surface area contributed by atoms with Crippen LogP contribution in [0.4, 0.5) is 15.9 Å². The number of aromatic nitrogens is 2. The first-order valence-electron chi connectivity index (χ1n) is 10.4. The minimum Gasteiger partial charge on any atom is -0.394 e. The Bertz CT molecular complexity index is 1200. The van der Waals surface area contributed by atoms with E-state index in [-0.39, 0.29) is 29.1 Å². The quantitative estimate of drug-likeness (QED) is 0.371. The van der Waals surface area contributed by atoms with Crippen molar-refractivity contribution in [2.45, 2.75) is 25.4 Å². The molecule has 3 aromatic rings. The molecule has 5 N–H and O–H groups in total. The van der Waals surface area contributed by atoms with Gasteiger partial charge in [0.05, 0.1) is 29.6 Å². The molecule has 9 heteroatoms. The Morgan fingerprint density at radius 2 is 2.16 bits per heavy atom. The van der Waals surface area contributed by atoms with Gasteiger partial charge in [-0.05, 0) is 24.8 Å². The molecule has 2 aromatic heterocycles. The predicted molar refractivity (Wildman–Crippen MR) is 122 cm³/mol. The molecule has 0 radical (unpaired) electrons. The van der Waals surface area contributed by atoms with E-state index in [1.165, 1.54) is 16.8 Å². The lowest BCUT2D eigenvalue weighted by Gasteiger charge is -2.17. The second-order valence-electron chi connectivity index (χ2n) is 7.80. The minimum atomic E-state index is -0.415. The lowest BCUT2D eigenvalue weighted by molar-refractivity contribution is -0.589. The second-order valence-corrected chi connectivity index (χ2v) is 8.20. The molecule has 166 valence electrons. The zero-order chi connectivity index (χ0) is 22.7. The summed E-state index contributed by atoms with van der Waals surface area (Å²) in [5.41, 5.74) is 1.24. The van der Waals surface area contributed by atoms with Crippen LogP contribution in [0.25, 0.3) is 5.69 Å². The maximum absolute atomic E-state index is 13.9. The summed E-state index contributed by atoms with van der Waals surface area (Å²) in [6.45, 7) is 0.291. The van der Waals surface area contributed by atoms with Gasteiger partial charge in [0.1, 0.15) is 29.4 Å². The number of hydrogen-bond donors (Lipinski definition) is 4. The van der Waals surface area contributed by atoms with Gasteiger partial charge in [-0.3, -0.25) is 9.36 Å². The molecule has 2 heterocycles. The smallest absolute Gasteiger partial charge is 0.270 e. The SMILES string of the molecule is N=Cc1c([NH2+]Cc2ccccc2F)ccn(-c2cc(NC(CO)C3CC3)ncc2Cl)c1=O. The number of nitrogens with zero attached hydrogens (tertiary/aromatic N) is 2. The number of anilines is 1. The number of aliphatic hydroxyl groups is 1. The molecule has 1 saturated carbocycles. The lowest BCUT2D eigenvalue weighted by Crippen LogP contribution is -2.77. The van der Waals surface area contributed by atoms with E-state index in [2.05, 4.69) is 10.3 Å². The first-order valence-corrected chi connectivity index (χ1v) is 10.8. The van der Waals surface area contributed by atoms with Gasteiger partial charge in [-0.15, -0.1) is 0 Å². The van der Waals surface area contributed by atoms with Crippen LogP contribution in [0.5, 0.6) is 0 Å². The normalized spacial score (nSPS) is 14.2. The molecule has 1 fully saturated rings. The Kier molecular flexibility index (Phi) is 6.64. The molecular formula is C23H24ClFN5O2+. The van der Waals surface area contributed by atoms with Crippen molar-refractivity contribution in [2.75, 3.05) is 11.9 Å². The Morgan fingerprint density at radius 1 is 1.38 bits per heavy atom. The van der Waals surface area contributed by atoms with E-state index in [1.54, 1.807) is 41.8 Å². The molecule has 0 bridgehead atoms. The number of aliphatic hydroxyl groups excluding tert-OH is 1. The molecule has 1 aliphatic rings. The highest BCUT2D eigenvalue weighted by atomic mass is 35.5. The molecule has 32 heavy (non-hydrogen) atoms. The van der Waals surface area contributed by atoms with Gasteiger partial charge >= 0.3 is 0 Å². The number of pyridine rings is 2. The van der Waals surface area contributed by atoms with Crippen LogP contribution in [-0.2, 0) is 6.54 Å². The highest BCUT2D eigenvalue weighted by Crippen LogP contribution is 2.34. The fourth-order valence-corrected chi connectivity index (χ4v) is 3.85. The number of benzene rings is 1. The summed E-state index contributed by atoms with van der Waals surface area (Å²) >= 11 is 6.34. The Balaban J connectivity index is 1.63. The van der Waals surface area contributed by atoms with Crippen molar-refractivity contribution < 1.29 is 14.8 Å². The number of quaternary nitrogens is 1. The van der Waals surface area contributed by atoms with E-state index in [4.69, 9.17) is 17.0 Å². The van der Waals surface area contributed by atoms with Crippen LogP contribution in [0.2, 0.25) is 5.02 Å². The van der Waals surface area contributed by atoms with Gasteiger partial charge < -0.3 is 21.1 Å². The monoisotopic (exact) mass is 456 g/mol. The van der Waals surface area contributed by atoms with Crippen LogP contribution in [0, 0.1) is 17.1 Å². The third kappa shape index (κ3) is 4.72. The standard InChI is InChI=1S/C23H23ClFN5O2/c24-17-12-28-22(29-20(13-31)14-5-6-14)9-21(17)30-8-7-19(16(10-26)23(30)32)27-11-15-3-1-2-4-18(15)25/h1-4,7-10,12,14,20,26-27,31H,5-6,11,13H2,(H,28,29)/p+1. The number of hydrogen-bond acceptors (Lipinski definition) is 5. The maximum Gasteiger partial charge on any atom is 0.270 e. The van der Waals surface area contributed by atoms with Crippen LogP contribution in [0.15, 0.2) is 53.6 Å². The number of rotatable bonds is 9. The predicted octanol–water partition coefficient (Wildman–Crippen LogP) is 2.60. The zero-order valence-electron chi connectivity index (χ0n) is 17.3. The van der Waals surface area contributed by atoms with Gasteiger partial charge in [-0.25, -0.2) is 9.37 Å². The number of nitrogens with two attached hydrogens (primary N) is 1. The van der Waals surface area contributed by atoms with Gasteiger partial charge in [-0.1, -0.05) is 29.8 Å². The van der Waals surface area contributed by atoms with Crippen molar-refractivity contribution in [3.05, 3.63) is 81.1 Å². The van der Waals surface area contributed by atoms with Crippen LogP contribution >= 0.6 is 11.6 Å². The summed E-state index contributed by atoms with van der Waals surface area (Å²) < 4.78 is 15.3. The lowest BCUT2D eigenvalue weighted by atomic mass is 10.2. The van der Waals surface area contributed by atoms with Crippen LogP contribution in [0.1, 0.15) is 24.0 Å². The van der Waals surface area contributed by atoms with Gasteiger partial charge in [0.25, 0.3) is 5.56 Å². The number of halogens is 2. The molecular weight excluding hydrogens is 433 g/mol. The highest BCUT2D eigenvalue weighted by molar-refractivity contribution is 6.32. The van der Waals surface area contributed by atoms with Crippen LogP contribution < -0.4 is 16.2 Å². The molecule has 7 nitrogen and oxygen atoms in total. The van der Waals surface area contributed by atoms with E-state index >= 15 is 0 Å². The molecule has 0 spiro atoms. The molecule has 1 aromatic carbocycles. The first kappa shape index (κ1) is 22.1. The molecule has 0 amide bonds. The van der Waals surface area contributed by atoms with E-state index in [9.17, 15) is 14.3 Å². The highest BCUT2D eigenvalue weighted by Gasteiger charge is 2.31. The van der Waals surface area contributed by atoms with Crippen molar-refractivity contribution in [1.29, 1.82) is 5.41 Å². The van der Waals surface area contributed by atoms with E-state index in [0.717, 1.165) is 19.1 Å². The summed E-state index contributed by atoms with van der Waals surface area (Å²) in [5.74, 6) is 0.607. The molecule has 1 atom stereocenters. The molecule has 1 unspecified atom stereocenters. The molecule has 0 aliphatic heterocycles. The average molecular weight is 457 g/mol. The van der Waals surface area contributed by atoms with Crippen LogP contribution in [0.3, 0.4) is 0 Å². The fraction of sp³-hybridized carbons (Fsp3) is 0.261. The van der Waals surface area contributed by atoms with Gasteiger partial charge in [-0.2, -0.15) is 0 Å². The first-order chi connectivity index (χ1) is 15.5. The minimum absolute atomic E-state index is 0.00521. The van der Waals surface area contributed by atoms with E-state index in [1.807, 2.05) is 0 Å². The van der Waals surface area contributed by atoms with Gasteiger partial charge in [0.15, 0.2) is 0 Å². The van der Waals surface area contributed by atoms with Gasteiger partial charge in [0.2, 0.25) is 0 Å². The van der Waals surface area contributed by atoms with Crippen LogP contribution in [-0.4, -0.2) is 33.5 Å². The summed E-state index contributed by atoms with van der Waals surface area (Å²) in [5, 5.41) is 22.6. The largest absolute Gasteiger partial charge is 0.394 e.